The van der Waals surface area contributed by atoms with Crippen molar-refractivity contribution in [1.29, 1.82) is 0 Å². The van der Waals surface area contributed by atoms with Gasteiger partial charge >= 0.3 is 0 Å². The summed E-state index contributed by atoms with van der Waals surface area (Å²) in [6, 6.07) is 0.219. The average Bonchev–Trinajstić information content (AvgIpc) is 2.89. The summed E-state index contributed by atoms with van der Waals surface area (Å²) >= 11 is 0. The van der Waals surface area contributed by atoms with Crippen molar-refractivity contribution in [3.63, 3.8) is 0 Å². The SMILES string of the molecule is CCC(CC)N1C(=O)CC(NC2CCC(C)C2)C1=O. The molecule has 2 aliphatic rings. The molecule has 3 atom stereocenters. The Balaban J connectivity index is 1.97. The maximum atomic E-state index is 12.4. The topological polar surface area (TPSA) is 49.4 Å². The van der Waals surface area contributed by atoms with E-state index in [1.54, 1.807) is 0 Å². The third-order valence-electron chi connectivity index (χ3n) is 4.62. The Kier molecular flexibility index (Phi) is 4.61. The van der Waals surface area contributed by atoms with Gasteiger partial charge in [0.1, 0.15) is 0 Å². The summed E-state index contributed by atoms with van der Waals surface area (Å²) in [5.41, 5.74) is 0. The van der Waals surface area contributed by atoms with Crippen molar-refractivity contribution in [2.24, 2.45) is 5.92 Å². The first-order valence-corrected chi connectivity index (χ1v) is 7.68. The summed E-state index contributed by atoms with van der Waals surface area (Å²) in [7, 11) is 0. The molecule has 1 heterocycles. The van der Waals surface area contributed by atoms with Gasteiger partial charge in [0.25, 0.3) is 0 Å². The molecule has 1 saturated heterocycles. The van der Waals surface area contributed by atoms with E-state index in [1.807, 2.05) is 13.8 Å². The number of hydrogen-bond donors (Lipinski definition) is 1. The highest BCUT2D eigenvalue weighted by molar-refractivity contribution is 6.05. The zero-order valence-electron chi connectivity index (χ0n) is 12.3. The molecule has 108 valence electrons. The lowest BCUT2D eigenvalue weighted by atomic mass is 10.1. The van der Waals surface area contributed by atoms with Gasteiger partial charge in [-0.2, -0.15) is 0 Å². The number of nitrogens with one attached hydrogen (secondary N) is 1. The predicted molar refractivity (Wildman–Crippen MR) is 74.6 cm³/mol. The molecule has 0 bridgehead atoms. The Hall–Kier alpha value is -0.900. The average molecular weight is 266 g/mol. The molecule has 0 radical (unpaired) electrons. The number of likely N-dealkylation sites (tertiary alicyclic amines) is 1. The number of amides is 2. The molecular weight excluding hydrogens is 240 g/mol. The first-order chi connectivity index (χ1) is 9.06. The molecule has 0 aromatic heterocycles. The van der Waals surface area contributed by atoms with E-state index < -0.39 is 0 Å². The van der Waals surface area contributed by atoms with Crippen LogP contribution < -0.4 is 5.32 Å². The summed E-state index contributed by atoms with van der Waals surface area (Å²) in [6.45, 7) is 6.32. The number of carbonyl (C=O) groups excluding carboxylic acids is 2. The molecule has 3 unspecified atom stereocenters. The van der Waals surface area contributed by atoms with E-state index in [0.29, 0.717) is 12.5 Å². The van der Waals surface area contributed by atoms with Gasteiger partial charge in [0.2, 0.25) is 11.8 Å². The Morgan fingerprint density at radius 3 is 2.47 bits per heavy atom. The summed E-state index contributed by atoms with van der Waals surface area (Å²) in [4.78, 5) is 26.0. The second-order valence-corrected chi connectivity index (χ2v) is 6.11. The fraction of sp³-hybridized carbons (Fsp3) is 0.867. The standard InChI is InChI=1S/C15H26N2O2/c1-4-12(5-2)17-14(18)9-13(15(17)19)16-11-7-6-10(3)8-11/h10-13,16H,4-9H2,1-3H3. The number of nitrogens with zero attached hydrogens (tertiary/aromatic N) is 1. The second-order valence-electron chi connectivity index (χ2n) is 6.11. The van der Waals surface area contributed by atoms with Crippen LogP contribution in [0.3, 0.4) is 0 Å². The van der Waals surface area contributed by atoms with E-state index in [1.165, 1.54) is 11.3 Å². The largest absolute Gasteiger partial charge is 0.303 e. The van der Waals surface area contributed by atoms with Crippen molar-refractivity contribution in [2.75, 3.05) is 0 Å². The van der Waals surface area contributed by atoms with Gasteiger partial charge in [-0.3, -0.25) is 14.5 Å². The number of carbonyl (C=O) groups is 2. The summed E-state index contributed by atoms with van der Waals surface area (Å²) in [5.74, 6) is 0.736. The Morgan fingerprint density at radius 1 is 1.26 bits per heavy atom. The van der Waals surface area contributed by atoms with Crippen LogP contribution in [0, 0.1) is 5.92 Å². The number of rotatable bonds is 5. The van der Waals surface area contributed by atoms with Crippen LogP contribution in [0.2, 0.25) is 0 Å². The molecule has 0 spiro atoms. The van der Waals surface area contributed by atoms with Crippen LogP contribution in [0.5, 0.6) is 0 Å². The highest BCUT2D eigenvalue weighted by atomic mass is 16.2. The molecule has 1 aliphatic heterocycles. The molecule has 0 aromatic rings. The number of imide groups is 1. The van der Waals surface area contributed by atoms with Crippen LogP contribution in [0.4, 0.5) is 0 Å². The number of hydrogen-bond acceptors (Lipinski definition) is 3. The normalized spacial score (nSPS) is 31.8. The van der Waals surface area contributed by atoms with E-state index in [4.69, 9.17) is 0 Å². The lowest BCUT2D eigenvalue weighted by Gasteiger charge is -2.25. The van der Waals surface area contributed by atoms with Gasteiger partial charge in [0.15, 0.2) is 0 Å². The third kappa shape index (κ3) is 2.99. The third-order valence-corrected chi connectivity index (χ3v) is 4.62. The van der Waals surface area contributed by atoms with Crippen molar-refractivity contribution in [2.45, 2.75) is 77.4 Å². The minimum Gasteiger partial charge on any atom is -0.303 e. The fourth-order valence-electron chi connectivity index (χ4n) is 3.46. The molecule has 19 heavy (non-hydrogen) atoms. The van der Waals surface area contributed by atoms with Crippen LogP contribution in [0.1, 0.15) is 59.3 Å². The van der Waals surface area contributed by atoms with E-state index in [9.17, 15) is 9.59 Å². The van der Waals surface area contributed by atoms with Crippen LogP contribution in [-0.4, -0.2) is 34.8 Å². The molecule has 1 aliphatic carbocycles. The maximum absolute atomic E-state index is 12.4. The van der Waals surface area contributed by atoms with Crippen LogP contribution in [0.25, 0.3) is 0 Å². The maximum Gasteiger partial charge on any atom is 0.247 e. The monoisotopic (exact) mass is 266 g/mol. The quantitative estimate of drug-likeness (QED) is 0.775. The first-order valence-electron chi connectivity index (χ1n) is 7.68. The van der Waals surface area contributed by atoms with E-state index >= 15 is 0 Å². The summed E-state index contributed by atoms with van der Waals surface area (Å²) < 4.78 is 0. The molecule has 0 aromatic carbocycles. The fourth-order valence-corrected chi connectivity index (χ4v) is 3.46. The van der Waals surface area contributed by atoms with Gasteiger partial charge in [0, 0.05) is 12.1 Å². The summed E-state index contributed by atoms with van der Waals surface area (Å²) in [5, 5.41) is 3.41. The van der Waals surface area contributed by atoms with Crippen LogP contribution in [0.15, 0.2) is 0 Å². The molecule has 4 nitrogen and oxygen atoms in total. The first kappa shape index (κ1) is 14.5. The zero-order chi connectivity index (χ0) is 14.0. The smallest absolute Gasteiger partial charge is 0.247 e. The van der Waals surface area contributed by atoms with Gasteiger partial charge in [-0.25, -0.2) is 0 Å². The Bertz CT molecular complexity index is 352. The molecule has 2 rings (SSSR count). The Labute approximate surface area is 115 Å². The van der Waals surface area contributed by atoms with Gasteiger partial charge in [-0.1, -0.05) is 20.8 Å². The lowest BCUT2D eigenvalue weighted by Crippen LogP contribution is -2.45. The van der Waals surface area contributed by atoms with Crippen molar-refractivity contribution in [1.82, 2.24) is 10.2 Å². The van der Waals surface area contributed by atoms with Crippen molar-refractivity contribution in [3.8, 4) is 0 Å². The molecule has 2 amide bonds. The van der Waals surface area contributed by atoms with Gasteiger partial charge in [-0.15, -0.1) is 0 Å². The molecular formula is C15H26N2O2. The second kappa shape index (κ2) is 6.04. The molecule has 4 heteroatoms. The van der Waals surface area contributed by atoms with Gasteiger partial charge in [0.05, 0.1) is 12.5 Å². The Morgan fingerprint density at radius 2 is 1.95 bits per heavy atom. The lowest BCUT2D eigenvalue weighted by molar-refractivity contribution is -0.141. The highest BCUT2D eigenvalue weighted by Crippen LogP contribution is 2.27. The highest BCUT2D eigenvalue weighted by Gasteiger charge is 2.42. The van der Waals surface area contributed by atoms with E-state index in [0.717, 1.165) is 31.6 Å². The van der Waals surface area contributed by atoms with E-state index in [-0.39, 0.29) is 23.9 Å². The van der Waals surface area contributed by atoms with Crippen LogP contribution in [-0.2, 0) is 9.59 Å². The molecule has 2 fully saturated rings. The summed E-state index contributed by atoms with van der Waals surface area (Å²) in [6.07, 6.45) is 5.53. The van der Waals surface area contributed by atoms with Gasteiger partial charge in [-0.05, 0) is 38.0 Å². The van der Waals surface area contributed by atoms with Crippen LogP contribution >= 0.6 is 0 Å². The van der Waals surface area contributed by atoms with E-state index in [2.05, 4.69) is 12.2 Å². The molecule has 1 N–H and O–H groups in total. The minimum atomic E-state index is -0.275. The van der Waals surface area contributed by atoms with Crippen molar-refractivity contribution in [3.05, 3.63) is 0 Å². The van der Waals surface area contributed by atoms with Crippen molar-refractivity contribution < 1.29 is 9.59 Å². The zero-order valence-corrected chi connectivity index (χ0v) is 12.3. The minimum absolute atomic E-state index is 0.00162. The predicted octanol–water partition coefficient (Wildman–Crippen LogP) is 2.08. The molecule has 1 saturated carbocycles. The van der Waals surface area contributed by atoms with Crippen molar-refractivity contribution >= 4 is 11.8 Å². The van der Waals surface area contributed by atoms with Gasteiger partial charge < -0.3 is 5.32 Å².